The lowest BCUT2D eigenvalue weighted by Gasteiger charge is -2.24. The lowest BCUT2D eigenvalue weighted by Crippen LogP contribution is -2.38. The maximum absolute atomic E-state index is 12.4. The van der Waals surface area contributed by atoms with Crippen LogP contribution in [0.5, 0.6) is 11.5 Å². The fraction of sp³-hybridized carbons (Fsp3) is 0.381. The highest BCUT2D eigenvalue weighted by atomic mass is 16.7. The van der Waals surface area contributed by atoms with Crippen molar-refractivity contribution >= 4 is 5.91 Å². The van der Waals surface area contributed by atoms with E-state index in [9.17, 15) is 9.90 Å². The van der Waals surface area contributed by atoms with Crippen molar-refractivity contribution in [1.29, 1.82) is 0 Å². The number of carbonyl (C=O) groups is 1. The number of rotatable bonds is 4. The largest absolute Gasteiger partial charge is 0.454 e. The molecule has 5 heteroatoms. The predicted octanol–water partition coefficient (Wildman–Crippen LogP) is 3.35. The zero-order chi connectivity index (χ0) is 18.9. The minimum absolute atomic E-state index is 0.0397. The van der Waals surface area contributed by atoms with Crippen LogP contribution in [-0.4, -0.2) is 24.4 Å². The Morgan fingerprint density at radius 3 is 2.27 bits per heavy atom. The van der Waals surface area contributed by atoms with Gasteiger partial charge in [0.2, 0.25) is 6.79 Å². The molecule has 0 aromatic heterocycles. The second-order valence-corrected chi connectivity index (χ2v) is 7.85. The van der Waals surface area contributed by atoms with Gasteiger partial charge in [0.1, 0.15) is 5.60 Å². The third-order valence-electron chi connectivity index (χ3n) is 4.60. The van der Waals surface area contributed by atoms with Gasteiger partial charge in [-0.25, -0.2) is 0 Å². The van der Waals surface area contributed by atoms with Crippen LogP contribution < -0.4 is 14.8 Å². The number of carbonyl (C=O) groups excluding carboxylic acids is 1. The van der Waals surface area contributed by atoms with E-state index in [2.05, 4.69) is 26.1 Å². The summed E-state index contributed by atoms with van der Waals surface area (Å²) in [6, 6.07) is 12.8. The first-order chi connectivity index (χ1) is 12.2. The molecule has 1 aliphatic rings. The molecule has 0 saturated carbocycles. The van der Waals surface area contributed by atoms with E-state index >= 15 is 0 Å². The van der Waals surface area contributed by atoms with Gasteiger partial charge in [-0.1, -0.05) is 39.0 Å². The summed E-state index contributed by atoms with van der Waals surface area (Å²) in [5.74, 6) is 1.05. The number of hydrogen-bond donors (Lipinski definition) is 2. The standard InChI is InChI=1S/C21H25NO4/c1-20(2,3)15-7-5-14(6-8-15)19(23)22-12-21(4,24)16-9-10-17-18(11-16)26-13-25-17/h5-11,24H,12-13H2,1-4H3,(H,22,23). The summed E-state index contributed by atoms with van der Waals surface area (Å²) in [6.07, 6.45) is 0. The third kappa shape index (κ3) is 3.83. The van der Waals surface area contributed by atoms with Crippen molar-refractivity contribution in [3.63, 3.8) is 0 Å². The highest BCUT2D eigenvalue weighted by molar-refractivity contribution is 5.94. The fourth-order valence-corrected chi connectivity index (χ4v) is 2.81. The van der Waals surface area contributed by atoms with Crippen LogP contribution in [-0.2, 0) is 11.0 Å². The summed E-state index contributed by atoms with van der Waals surface area (Å²) in [6.45, 7) is 8.32. The van der Waals surface area contributed by atoms with Crippen molar-refractivity contribution < 1.29 is 19.4 Å². The lowest BCUT2D eigenvalue weighted by atomic mass is 9.86. The van der Waals surface area contributed by atoms with Crippen LogP contribution in [0.15, 0.2) is 42.5 Å². The van der Waals surface area contributed by atoms with Crippen molar-refractivity contribution in [2.75, 3.05) is 13.3 Å². The maximum atomic E-state index is 12.4. The number of amides is 1. The number of nitrogens with one attached hydrogen (secondary N) is 1. The van der Waals surface area contributed by atoms with E-state index in [1.807, 2.05) is 24.3 Å². The number of fused-ring (bicyclic) bond motifs is 1. The van der Waals surface area contributed by atoms with Gasteiger partial charge < -0.3 is 19.9 Å². The Kier molecular flexibility index (Phi) is 4.67. The molecule has 0 radical (unpaired) electrons. The average Bonchev–Trinajstić information content (AvgIpc) is 3.07. The molecule has 2 aromatic rings. The van der Waals surface area contributed by atoms with Gasteiger partial charge in [-0.2, -0.15) is 0 Å². The third-order valence-corrected chi connectivity index (χ3v) is 4.60. The van der Waals surface area contributed by atoms with Crippen LogP contribution in [0.2, 0.25) is 0 Å². The van der Waals surface area contributed by atoms with E-state index in [1.165, 1.54) is 5.56 Å². The fourth-order valence-electron chi connectivity index (χ4n) is 2.81. The highest BCUT2D eigenvalue weighted by Crippen LogP contribution is 2.35. The summed E-state index contributed by atoms with van der Waals surface area (Å²) in [7, 11) is 0. The van der Waals surface area contributed by atoms with Crippen molar-refractivity contribution in [2.24, 2.45) is 0 Å². The van der Waals surface area contributed by atoms with Gasteiger partial charge in [0, 0.05) is 5.56 Å². The topological polar surface area (TPSA) is 67.8 Å². The van der Waals surface area contributed by atoms with Gasteiger partial charge in [0.15, 0.2) is 11.5 Å². The Morgan fingerprint density at radius 1 is 1.00 bits per heavy atom. The first kappa shape index (κ1) is 18.3. The zero-order valence-electron chi connectivity index (χ0n) is 15.6. The summed E-state index contributed by atoms with van der Waals surface area (Å²) in [5, 5.41) is 13.6. The lowest BCUT2D eigenvalue weighted by molar-refractivity contribution is 0.0525. The summed E-state index contributed by atoms with van der Waals surface area (Å²) < 4.78 is 10.6. The molecule has 0 saturated heterocycles. The van der Waals surface area contributed by atoms with E-state index in [-0.39, 0.29) is 24.7 Å². The molecule has 2 aromatic carbocycles. The molecule has 0 bridgehead atoms. The predicted molar refractivity (Wildman–Crippen MR) is 99.6 cm³/mol. The SMILES string of the molecule is CC(C)(C)c1ccc(C(=O)NCC(C)(O)c2ccc3c(c2)OCO3)cc1. The molecule has 26 heavy (non-hydrogen) atoms. The van der Waals surface area contributed by atoms with E-state index < -0.39 is 5.60 Å². The van der Waals surface area contributed by atoms with Gasteiger partial charge in [-0.15, -0.1) is 0 Å². The van der Waals surface area contributed by atoms with Crippen molar-refractivity contribution in [3.05, 3.63) is 59.2 Å². The molecular weight excluding hydrogens is 330 g/mol. The average molecular weight is 355 g/mol. The molecule has 2 N–H and O–H groups in total. The van der Waals surface area contributed by atoms with Crippen molar-refractivity contribution in [1.82, 2.24) is 5.32 Å². The molecular formula is C21H25NO4. The van der Waals surface area contributed by atoms with E-state index in [0.717, 1.165) is 0 Å². The summed E-state index contributed by atoms with van der Waals surface area (Å²) >= 11 is 0. The molecule has 1 heterocycles. The Morgan fingerprint density at radius 2 is 1.62 bits per heavy atom. The number of hydrogen-bond acceptors (Lipinski definition) is 4. The second-order valence-electron chi connectivity index (χ2n) is 7.85. The van der Waals surface area contributed by atoms with Gasteiger partial charge in [0.05, 0.1) is 6.54 Å². The Labute approximate surface area is 153 Å². The first-order valence-electron chi connectivity index (χ1n) is 8.68. The van der Waals surface area contributed by atoms with Crippen molar-refractivity contribution in [3.8, 4) is 11.5 Å². The van der Waals surface area contributed by atoms with Crippen LogP contribution in [0.1, 0.15) is 49.2 Å². The summed E-state index contributed by atoms with van der Waals surface area (Å²) in [4.78, 5) is 12.4. The quantitative estimate of drug-likeness (QED) is 0.883. The minimum Gasteiger partial charge on any atom is -0.454 e. The van der Waals surface area contributed by atoms with E-state index in [1.54, 1.807) is 25.1 Å². The van der Waals surface area contributed by atoms with Gasteiger partial charge in [-0.3, -0.25) is 4.79 Å². The molecule has 1 atom stereocenters. The smallest absolute Gasteiger partial charge is 0.251 e. The molecule has 1 amide bonds. The van der Waals surface area contributed by atoms with Crippen LogP contribution in [0, 0.1) is 0 Å². The van der Waals surface area contributed by atoms with Crippen LogP contribution in [0.4, 0.5) is 0 Å². The molecule has 0 fully saturated rings. The molecule has 3 rings (SSSR count). The number of aliphatic hydroxyl groups is 1. The van der Waals surface area contributed by atoms with Crippen LogP contribution in [0.3, 0.4) is 0 Å². The number of ether oxygens (including phenoxy) is 2. The van der Waals surface area contributed by atoms with Gasteiger partial charge in [0.25, 0.3) is 5.91 Å². The maximum Gasteiger partial charge on any atom is 0.251 e. The Balaban J connectivity index is 1.66. The van der Waals surface area contributed by atoms with Crippen LogP contribution in [0.25, 0.3) is 0 Å². The van der Waals surface area contributed by atoms with Gasteiger partial charge >= 0.3 is 0 Å². The Hall–Kier alpha value is -2.53. The van der Waals surface area contributed by atoms with E-state index in [4.69, 9.17) is 9.47 Å². The first-order valence-corrected chi connectivity index (χ1v) is 8.68. The second kappa shape index (κ2) is 6.65. The molecule has 138 valence electrons. The van der Waals surface area contributed by atoms with Gasteiger partial charge in [-0.05, 0) is 47.7 Å². The highest BCUT2D eigenvalue weighted by Gasteiger charge is 2.27. The van der Waals surface area contributed by atoms with Crippen molar-refractivity contribution in [2.45, 2.75) is 38.7 Å². The van der Waals surface area contributed by atoms with E-state index in [0.29, 0.717) is 22.6 Å². The molecule has 1 aliphatic heterocycles. The number of benzene rings is 2. The molecule has 5 nitrogen and oxygen atoms in total. The summed E-state index contributed by atoms with van der Waals surface area (Å²) in [5.41, 5.74) is 1.21. The molecule has 0 spiro atoms. The minimum atomic E-state index is -1.22. The Bertz CT molecular complexity index is 804. The molecule has 0 aliphatic carbocycles. The van der Waals surface area contributed by atoms with Crippen LogP contribution >= 0.6 is 0 Å². The monoisotopic (exact) mass is 355 g/mol. The normalized spacial score (nSPS) is 15.4. The molecule has 1 unspecified atom stereocenters. The zero-order valence-corrected chi connectivity index (χ0v) is 15.6.